The average molecular weight is 486 g/mol. The number of benzene rings is 2. The van der Waals surface area contributed by atoms with Gasteiger partial charge in [0.15, 0.2) is 0 Å². The molecule has 0 saturated heterocycles. The molecule has 0 saturated carbocycles. The van der Waals surface area contributed by atoms with Crippen molar-refractivity contribution in [3.8, 4) is 28.1 Å². The molecular formula is C26H26F3N3O3. The smallest absolute Gasteiger partial charge is 0.490 e. The molecule has 9 heteroatoms. The van der Waals surface area contributed by atoms with E-state index in [1.165, 1.54) is 5.69 Å². The number of ether oxygens (including phenoxy) is 1. The molecule has 2 aromatic heterocycles. The van der Waals surface area contributed by atoms with Crippen molar-refractivity contribution in [1.29, 1.82) is 0 Å². The van der Waals surface area contributed by atoms with Gasteiger partial charge in [-0.25, -0.2) is 9.78 Å². The molecule has 2 heterocycles. The Morgan fingerprint density at radius 3 is 2.06 bits per heavy atom. The molecular weight excluding hydrogens is 459 g/mol. The summed E-state index contributed by atoms with van der Waals surface area (Å²) in [6.45, 7) is 4.07. The van der Waals surface area contributed by atoms with E-state index >= 15 is 0 Å². The fraction of sp³-hybridized carbons (Fsp3) is 0.231. The predicted molar refractivity (Wildman–Crippen MR) is 130 cm³/mol. The fourth-order valence-electron chi connectivity index (χ4n) is 3.30. The van der Waals surface area contributed by atoms with Gasteiger partial charge in [-0.15, -0.1) is 0 Å². The van der Waals surface area contributed by atoms with Crippen LogP contribution in [0, 0.1) is 0 Å². The minimum Gasteiger partial charge on any atom is -0.491 e. The Kier molecular flexibility index (Phi) is 7.68. The van der Waals surface area contributed by atoms with Crippen molar-refractivity contribution >= 4 is 17.3 Å². The van der Waals surface area contributed by atoms with E-state index in [0.717, 1.165) is 33.8 Å². The summed E-state index contributed by atoms with van der Waals surface area (Å²) in [5.74, 6) is -1.86. The summed E-state index contributed by atoms with van der Waals surface area (Å²) >= 11 is 0. The number of imidazole rings is 1. The number of hydrogen-bond donors (Lipinski definition) is 1. The van der Waals surface area contributed by atoms with Crippen LogP contribution in [0.3, 0.4) is 0 Å². The maximum Gasteiger partial charge on any atom is 0.490 e. The number of anilines is 1. The number of fused-ring (bicyclic) bond motifs is 1. The van der Waals surface area contributed by atoms with E-state index in [0.29, 0.717) is 0 Å². The summed E-state index contributed by atoms with van der Waals surface area (Å²) in [6.07, 6.45) is -0.883. The van der Waals surface area contributed by atoms with Crippen LogP contribution in [0.5, 0.6) is 5.75 Å². The Hall–Kier alpha value is -4.01. The lowest BCUT2D eigenvalue weighted by Gasteiger charge is -2.12. The molecule has 0 aliphatic carbocycles. The molecule has 0 spiro atoms. The second kappa shape index (κ2) is 10.5. The molecule has 6 nitrogen and oxygen atoms in total. The van der Waals surface area contributed by atoms with Gasteiger partial charge in [0.05, 0.1) is 18.0 Å². The molecule has 1 N–H and O–H groups in total. The number of carboxylic acid groups (broad SMARTS) is 1. The first-order valence-corrected chi connectivity index (χ1v) is 10.8. The third-order valence-corrected chi connectivity index (χ3v) is 4.99. The van der Waals surface area contributed by atoms with Gasteiger partial charge in [0.1, 0.15) is 11.4 Å². The van der Waals surface area contributed by atoms with Crippen molar-refractivity contribution in [2.75, 3.05) is 19.0 Å². The van der Waals surface area contributed by atoms with Crippen molar-refractivity contribution in [3.63, 3.8) is 0 Å². The van der Waals surface area contributed by atoms with Gasteiger partial charge >= 0.3 is 12.1 Å². The average Bonchev–Trinajstić information content (AvgIpc) is 3.22. The van der Waals surface area contributed by atoms with Gasteiger partial charge in [-0.3, -0.25) is 4.40 Å². The van der Waals surface area contributed by atoms with Crippen LogP contribution in [0.2, 0.25) is 0 Å². The van der Waals surface area contributed by atoms with E-state index in [-0.39, 0.29) is 6.10 Å². The first kappa shape index (κ1) is 25.6. The number of rotatable bonds is 5. The summed E-state index contributed by atoms with van der Waals surface area (Å²) in [6, 6.07) is 21.0. The number of pyridine rings is 1. The van der Waals surface area contributed by atoms with Crippen LogP contribution >= 0.6 is 0 Å². The highest BCUT2D eigenvalue weighted by atomic mass is 19.4. The molecule has 0 radical (unpaired) electrons. The molecule has 0 unspecified atom stereocenters. The zero-order valence-corrected chi connectivity index (χ0v) is 19.7. The second-order valence-corrected chi connectivity index (χ2v) is 8.22. The van der Waals surface area contributed by atoms with Crippen molar-refractivity contribution in [1.82, 2.24) is 9.38 Å². The largest absolute Gasteiger partial charge is 0.491 e. The van der Waals surface area contributed by atoms with E-state index in [1.807, 2.05) is 46.3 Å². The van der Waals surface area contributed by atoms with Crippen LogP contribution in [-0.4, -0.2) is 46.8 Å². The molecule has 184 valence electrons. The number of nitrogens with zero attached hydrogens (tertiary/aromatic N) is 3. The molecule has 0 aliphatic heterocycles. The highest BCUT2D eigenvalue weighted by Gasteiger charge is 2.38. The van der Waals surface area contributed by atoms with Crippen LogP contribution < -0.4 is 9.64 Å². The van der Waals surface area contributed by atoms with E-state index in [1.54, 1.807) is 0 Å². The lowest BCUT2D eigenvalue weighted by molar-refractivity contribution is -0.192. The van der Waals surface area contributed by atoms with E-state index in [4.69, 9.17) is 14.6 Å². The molecule has 4 aromatic rings. The third-order valence-electron chi connectivity index (χ3n) is 4.99. The van der Waals surface area contributed by atoms with Crippen LogP contribution in [0.15, 0.2) is 73.1 Å². The summed E-state index contributed by atoms with van der Waals surface area (Å²) in [4.78, 5) is 15.6. The number of halogens is 3. The zero-order chi connectivity index (χ0) is 25.8. The van der Waals surface area contributed by atoms with Crippen LogP contribution in [0.4, 0.5) is 18.9 Å². The monoisotopic (exact) mass is 485 g/mol. The van der Waals surface area contributed by atoms with Gasteiger partial charge in [0.2, 0.25) is 0 Å². The summed E-state index contributed by atoms with van der Waals surface area (Å²) in [5, 5.41) is 7.12. The van der Waals surface area contributed by atoms with Gasteiger partial charge in [-0.2, -0.15) is 13.2 Å². The minimum absolute atomic E-state index is 0.178. The number of aliphatic carboxylic acids is 1. The maximum absolute atomic E-state index is 10.6. The molecule has 0 amide bonds. The molecule has 0 bridgehead atoms. The van der Waals surface area contributed by atoms with Crippen molar-refractivity contribution in [2.24, 2.45) is 0 Å². The number of hydrogen-bond acceptors (Lipinski definition) is 4. The SMILES string of the molecule is CC(C)Oc1ccc(-c2ccn3c(-c4ccc(N(C)C)cc4)cnc3c2)cc1.O=C(O)C(F)(F)F. The highest BCUT2D eigenvalue weighted by molar-refractivity contribution is 5.73. The lowest BCUT2D eigenvalue weighted by atomic mass is 10.1. The lowest BCUT2D eigenvalue weighted by Crippen LogP contribution is -2.21. The normalized spacial score (nSPS) is 11.2. The summed E-state index contributed by atoms with van der Waals surface area (Å²) in [7, 11) is 4.10. The van der Waals surface area contributed by atoms with Gasteiger partial charge < -0.3 is 14.7 Å². The fourth-order valence-corrected chi connectivity index (χ4v) is 3.30. The number of aromatic nitrogens is 2. The summed E-state index contributed by atoms with van der Waals surface area (Å²) in [5.41, 5.74) is 6.66. The van der Waals surface area contributed by atoms with Gasteiger partial charge in [-0.05, 0) is 61.4 Å². The summed E-state index contributed by atoms with van der Waals surface area (Å²) < 4.78 is 39.6. The van der Waals surface area contributed by atoms with E-state index in [2.05, 4.69) is 69.0 Å². The molecule has 0 fully saturated rings. The van der Waals surface area contributed by atoms with Gasteiger partial charge in [-0.1, -0.05) is 24.3 Å². The second-order valence-electron chi connectivity index (χ2n) is 8.22. The van der Waals surface area contributed by atoms with Crippen LogP contribution in [-0.2, 0) is 4.79 Å². The molecule has 35 heavy (non-hydrogen) atoms. The van der Waals surface area contributed by atoms with E-state index < -0.39 is 12.1 Å². The third kappa shape index (κ3) is 6.53. The quantitative estimate of drug-likeness (QED) is 0.367. The van der Waals surface area contributed by atoms with Crippen LogP contribution in [0.25, 0.3) is 28.0 Å². The Morgan fingerprint density at radius 1 is 0.971 bits per heavy atom. The van der Waals surface area contributed by atoms with Crippen molar-refractivity contribution < 1.29 is 27.8 Å². The molecule has 2 aromatic carbocycles. The van der Waals surface area contributed by atoms with Crippen molar-refractivity contribution in [2.45, 2.75) is 26.1 Å². The topological polar surface area (TPSA) is 67.1 Å². The molecule has 0 aliphatic rings. The van der Waals surface area contributed by atoms with Gasteiger partial charge in [0, 0.05) is 31.5 Å². The van der Waals surface area contributed by atoms with E-state index in [9.17, 15) is 13.2 Å². The molecule has 0 atom stereocenters. The van der Waals surface area contributed by atoms with Gasteiger partial charge in [0.25, 0.3) is 0 Å². The zero-order valence-electron chi connectivity index (χ0n) is 19.7. The molecule has 4 rings (SSSR count). The highest BCUT2D eigenvalue weighted by Crippen LogP contribution is 2.27. The number of carbonyl (C=O) groups is 1. The van der Waals surface area contributed by atoms with Crippen molar-refractivity contribution in [3.05, 3.63) is 73.1 Å². The standard InChI is InChI=1S/C24H25N3O.C2HF3O2/c1-17(2)28-22-11-7-18(8-12-22)20-13-14-27-23(16-25-24(27)15-20)19-5-9-21(10-6-19)26(3)4;3-2(4,5)1(6)7/h5-17H,1-4H3;(H,6,7). The predicted octanol–water partition coefficient (Wildman–Crippen LogP) is 6.15. The first-order chi connectivity index (χ1) is 16.5. The maximum atomic E-state index is 10.6. The number of alkyl halides is 3. The Morgan fingerprint density at radius 2 is 1.54 bits per heavy atom. The van der Waals surface area contributed by atoms with Crippen LogP contribution in [0.1, 0.15) is 13.8 Å². The Bertz CT molecular complexity index is 1280. The number of carboxylic acids is 1. The first-order valence-electron chi connectivity index (χ1n) is 10.8. The Labute approximate surface area is 201 Å². The minimum atomic E-state index is -5.08. The Balaban J connectivity index is 0.000000429.